The third-order valence-corrected chi connectivity index (χ3v) is 5.36. The van der Waals surface area contributed by atoms with Gasteiger partial charge < -0.3 is 0 Å². The number of nitrogens with zero attached hydrogens (tertiary/aromatic N) is 3. The van der Waals surface area contributed by atoms with Crippen LogP contribution >= 0.6 is 0 Å². The molecule has 0 saturated heterocycles. The Morgan fingerprint density at radius 3 is 2.35 bits per heavy atom. The van der Waals surface area contributed by atoms with Crippen LogP contribution in [0.15, 0.2) is 23.3 Å². The molecule has 4 rings (SSSR count). The van der Waals surface area contributed by atoms with Crippen molar-refractivity contribution in [3.8, 4) is 0 Å². The number of fused-ring (bicyclic) bond motifs is 2. The minimum Gasteiger partial charge on any atom is -0.272 e. The normalized spacial score (nSPS) is 24.5. The van der Waals surface area contributed by atoms with Gasteiger partial charge in [0.25, 0.3) is 5.69 Å². The van der Waals surface area contributed by atoms with Gasteiger partial charge in [0.05, 0.1) is 15.9 Å². The minimum absolute atomic E-state index is 0.173. The molecule has 23 heavy (non-hydrogen) atoms. The zero-order valence-electron chi connectivity index (χ0n) is 13.0. The summed E-state index contributed by atoms with van der Waals surface area (Å²) in [6.07, 6.45) is 3.03. The molecule has 3 fully saturated rings. The lowest BCUT2D eigenvalue weighted by molar-refractivity contribution is -0.393. The molecule has 1 aromatic rings. The summed E-state index contributed by atoms with van der Waals surface area (Å²) in [4.78, 5) is 20.5. The highest BCUT2D eigenvalue weighted by Gasteiger charge is 2.51. The second-order valence-corrected chi connectivity index (χ2v) is 6.86. The lowest BCUT2D eigenvalue weighted by Crippen LogP contribution is -2.50. The number of non-ortho nitro benzene ring substituents is 1. The molecule has 1 N–H and O–H groups in total. The average molecular weight is 318 g/mol. The molecule has 2 bridgehead atoms. The van der Waals surface area contributed by atoms with Crippen molar-refractivity contribution in [2.75, 3.05) is 5.43 Å². The van der Waals surface area contributed by atoms with Gasteiger partial charge >= 0.3 is 5.69 Å². The molecule has 0 aliphatic heterocycles. The Hall–Kier alpha value is -2.51. The second-order valence-electron chi connectivity index (χ2n) is 6.86. The number of nitro groups is 2. The summed E-state index contributed by atoms with van der Waals surface area (Å²) in [6.45, 7) is 4.55. The van der Waals surface area contributed by atoms with E-state index >= 15 is 0 Å². The van der Waals surface area contributed by atoms with E-state index in [2.05, 4.69) is 24.4 Å². The van der Waals surface area contributed by atoms with Crippen LogP contribution in [-0.2, 0) is 0 Å². The van der Waals surface area contributed by atoms with Crippen LogP contribution in [0.2, 0.25) is 0 Å². The summed E-state index contributed by atoms with van der Waals surface area (Å²) in [5.74, 6) is 1.24. The Balaban J connectivity index is 1.77. The lowest BCUT2D eigenvalue weighted by atomic mass is 9.48. The van der Waals surface area contributed by atoms with Crippen molar-refractivity contribution in [2.24, 2.45) is 22.4 Å². The molecule has 8 nitrogen and oxygen atoms in total. The number of anilines is 1. The molecule has 0 amide bonds. The van der Waals surface area contributed by atoms with E-state index in [9.17, 15) is 20.2 Å². The van der Waals surface area contributed by atoms with Crippen molar-refractivity contribution in [1.29, 1.82) is 0 Å². The van der Waals surface area contributed by atoms with Gasteiger partial charge in [0.15, 0.2) is 0 Å². The van der Waals surface area contributed by atoms with Gasteiger partial charge in [-0.15, -0.1) is 0 Å². The predicted octanol–water partition coefficient (Wildman–Crippen LogP) is 3.73. The molecule has 1 aromatic carbocycles. The summed E-state index contributed by atoms with van der Waals surface area (Å²) in [7, 11) is 0. The maximum absolute atomic E-state index is 11.1. The molecule has 0 heterocycles. The van der Waals surface area contributed by atoms with Crippen LogP contribution in [0, 0.1) is 37.5 Å². The van der Waals surface area contributed by atoms with Crippen molar-refractivity contribution >= 4 is 22.8 Å². The van der Waals surface area contributed by atoms with E-state index in [1.807, 2.05) is 0 Å². The van der Waals surface area contributed by atoms with Crippen molar-refractivity contribution in [3.05, 3.63) is 38.4 Å². The molecule has 0 radical (unpaired) electrons. The standard InChI is InChI=1S/C15H18N4O4/c1-15(2)9-5-10(15)7-11(6-9)16-17-13-4-3-12(18(20)21)8-14(13)19(22)23/h3-4,8-10,17H,5-7H2,1-2H3. The van der Waals surface area contributed by atoms with Gasteiger partial charge in [-0.3, -0.25) is 25.7 Å². The van der Waals surface area contributed by atoms with E-state index in [-0.39, 0.29) is 17.1 Å². The van der Waals surface area contributed by atoms with Crippen LogP contribution < -0.4 is 5.43 Å². The van der Waals surface area contributed by atoms with Gasteiger partial charge in [-0.1, -0.05) is 13.8 Å². The first-order valence-corrected chi connectivity index (χ1v) is 7.53. The molecular formula is C15H18N4O4. The van der Waals surface area contributed by atoms with Gasteiger partial charge in [-0.2, -0.15) is 5.10 Å². The molecule has 8 heteroatoms. The molecule has 122 valence electrons. The largest absolute Gasteiger partial charge is 0.301 e. The zero-order chi connectivity index (χ0) is 16.8. The first-order valence-electron chi connectivity index (χ1n) is 7.53. The molecule has 3 saturated carbocycles. The quantitative estimate of drug-likeness (QED) is 0.671. The molecular weight excluding hydrogens is 300 g/mol. The fraction of sp³-hybridized carbons (Fsp3) is 0.533. The highest BCUT2D eigenvalue weighted by molar-refractivity contribution is 5.87. The van der Waals surface area contributed by atoms with Crippen LogP contribution in [0.4, 0.5) is 17.1 Å². The number of nitrogens with one attached hydrogen (secondary N) is 1. The van der Waals surface area contributed by atoms with Gasteiger partial charge in [-0.25, -0.2) is 0 Å². The fourth-order valence-electron chi connectivity index (χ4n) is 3.58. The topological polar surface area (TPSA) is 111 Å². The third-order valence-electron chi connectivity index (χ3n) is 5.36. The molecule has 3 aliphatic carbocycles. The summed E-state index contributed by atoms with van der Waals surface area (Å²) in [5, 5.41) is 26.1. The predicted molar refractivity (Wildman–Crippen MR) is 85.4 cm³/mol. The van der Waals surface area contributed by atoms with E-state index in [1.165, 1.54) is 18.6 Å². The first-order chi connectivity index (χ1) is 10.8. The van der Waals surface area contributed by atoms with E-state index in [0.717, 1.165) is 24.6 Å². The summed E-state index contributed by atoms with van der Waals surface area (Å²) < 4.78 is 0. The van der Waals surface area contributed by atoms with Crippen LogP contribution in [0.5, 0.6) is 0 Å². The number of hydrogen-bond donors (Lipinski definition) is 1. The molecule has 2 atom stereocenters. The van der Waals surface area contributed by atoms with Gasteiger partial charge in [0, 0.05) is 11.8 Å². The average Bonchev–Trinajstić information content (AvgIpc) is 2.52. The SMILES string of the molecule is CC1(C)C2CC(=NNc3ccc([N+](=O)[O-])cc3[N+](=O)[O-])CC1C2. The van der Waals surface area contributed by atoms with Crippen molar-refractivity contribution in [1.82, 2.24) is 0 Å². The number of nitro benzene ring substituents is 2. The van der Waals surface area contributed by atoms with Crippen molar-refractivity contribution < 1.29 is 9.85 Å². The Morgan fingerprint density at radius 2 is 1.83 bits per heavy atom. The number of hydrogen-bond acceptors (Lipinski definition) is 6. The van der Waals surface area contributed by atoms with Crippen LogP contribution in [-0.4, -0.2) is 15.6 Å². The van der Waals surface area contributed by atoms with Gasteiger partial charge in [-0.05, 0) is 42.6 Å². The maximum atomic E-state index is 11.1. The highest BCUT2D eigenvalue weighted by Crippen LogP contribution is 2.58. The van der Waals surface area contributed by atoms with Gasteiger partial charge in [0.2, 0.25) is 0 Å². The minimum atomic E-state index is -0.653. The Bertz CT molecular complexity index is 697. The maximum Gasteiger partial charge on any atom is 0.301 e. The number of benzene rings is 1. The van der Waals surface area contributed by atoms with Crippen LogP contribution in [0.25, 0.3) is 0 Å². The number of hydrazone groups is 1. The third kappa shape index (κ3) is 2.64. The Morgan fingerprint density at radius 1 is 1.17 bits per heavy atom. The second kappa shape index (κ2) is 5.29. The van der Waals surface area contributed by atoms with E-state index in [1.54, 1.807) is 0 Å². The van der Waals surface area contributed by atoms with Crippen molar-refractivity contribution in [2.45, 2.75) is 33.1 Å². The smallest absolute Gasteiger partial charge is 0.272 e. The summed E-state index contributed by atoms with van der Waals surface area (Å²) in [6, 6.07) is 3.51. The fourth-order valence-corrected chi connectivity index (χ4v) is 3.58. The highest BCUT2D eigenvalue weighted by atomic mass is 16.6. The van der Waals surface area contributed by atoms with E-state index < -0.39 is 9.85 Å². The van der Waals surface area contributed by atoms with Crippen LogP contribution in [0.1, 0.15) is 33.1 Å². The molecule has 2 unspecified atom stereocenters. The van der Waals surface area contributed by atoms with E-state index in [0.29, 0.717) is 17.3 Å². The molecule has 0 aromatic heterocycles. The molecule has 3 aliphatic rings. The number of rotatable bonds is 4. The summed E-state index contributed by atoms with van der Waals surface area (Å²) in [5.41, 5.74) is 3.61. The molecule has 0 spiro atoms. The summed E-state index contributed by atoms with van der Waals surface area (Å²) >= 11 is 0. The van der Waals surface area contributed by atoms with Gasteiger partial charge in [0.1, 0.15) is 5.69 Å². The van der Waals surface area contributed by atoms with Crippen molar-refractivity contribution in [3.63, 3.8) is 0 Å². The Labute approximate surface area is 132 Å². The first kappa shape index (κ1) is 15.4. The monoisotopic (exact) mass is 318 g/mol. The Kier molecular flexibility index (Phi) is 3.54. The van der Waals surface area contributed by atoms with Crippen LogP contribution in [0.3, 0.4) is 0 Å². The zero-order valence-corrected chi connectivity index (χ0v) is 13.0. The van der Waals surface area contributed by atoms with E-state index in [4.69, 9.17) is 0 Å². The lowest BCUT2D eigenvalue weighted by Gasteiger charge is -2.56.